The number of hydrogen-bond acceptors (Lipinski definition) is 3. The number of likely N-dealkylation sites (N-methyl/N-ethyl adjacent to an activating group) is 1. The third kappa shape index (κ3) is 4.96. The second kappa shape index (κ2) is 7.20. The molecule has 3 heteroatoms. The van der Waals surface area contributed by atoms with Crippen molar-refractivity contribution < 1.29 is 9.47 Å². The van der Waals surface area contributed by atoms with Crippen molar-refractivity contribution in [1.82, 2.24) is 5.32 Å². The molecule has 15 heavy (non-hydrogen) atoms. The molecule has 0 radical (unpaired) electrons. The molecule has 0 bridgehead atoms. The predicted octanol–water partition coefficient (Wildman–Crippen LogP) is 1.82. The van der Waals surface area contributed by atoms with Crippen molar-refractivity contribution in [2.45, 2.75) is 45.8 Å². The average molecular weight is 215 g/mol. The molecule has 1 saturated heterocycles. The normalized spacial score (nSPS) is 23.6. The maximum absolute atomic E-state index is 5.71. The standard InChI is InChI=1S/C12H25NO2/c1-4-13-12(10(2)3)9-14-8-11-6-5-7-15-11/h10-13H,4-9H2,1-3H3. The van der Waals surface area contributed by atoms with Crippen molar-refractivity contribution in [3.8, 4) is 0 Å². The molecule has 2 atom stereocenters. The number of ether oxygens (including phenoxy) is 2. The monoisotopic (exact) mass is 215 g/mol. The van der Waals surface area contributed by atoms with Gasteiger partial charge in [-0.2, -0.15) is 0 Å². The number of rotatable bonds is 7. The van der Waals surface area contributed by atoms with E-state index >= 15 is 0 Å². The highest BCUT2D eigenvalue weighted by Gasteiger charge is 2.17. The van der Waals surface area contributed by atoms with Crippen LogP contribution in [0.2, 0.25) is 0 Å². The van der Waals surface area contributed by atoms with Crippen molar-refractivity contribution in [3.63, 3.8) is 0 Å². The number of hydrogen-bond donors (Lipinski definition) is 1. The first-order valence-electron chi connectivity index (χ1n) is 6.16. The molecule has 1 aliphatic rings. The van der Waals surface area contributed by atoms with E-state index in [1.165, 1.54) is 6.42 Å². The number of nitrogens with one attached hydrogen (secondary N) is 1. The van der Waals surface area contributed by atoms with Gasteiger partial charge in [0.1, 0.15) is 0 Å². The first-order chi connectivity index (χ1) is 7.24. The van der Waals surface area contributed by atoms with Crippen molar-refractivity contribution >= 4 is 0 Å². The molecule has 1 N–H and O–H groups in total. The minimum Gasteiger partial charge on any atom is -0.377 e. The van der Waals surface area contributed by atoms with Crippen LogP contribution in [-0.2, 0) is 9.47 Å². The fourth-order valence-electron chi connectivity index (χ4n) is 1.85. The van der Waals surface area contributed by atoms with E-state index in [1.807, 2.05) is 0 Å². The van der Waals surface area contributed by atoms with Gasteiger partial charge in [0.15, 0.2) is 0 Å². The Kier molecular flexibility index (Phi) is 6.22. The lowest BCUT2D eigenvalue weighted by molar-refractivity contribution is 0.00638. The van der Waals surface area contributed by atoms with E-state index in [0.29, 0.717) is 18.1 Å². The fourth-order valence-corrected chi connectivity index (χ4v) is 1.85. The Morgan fingerprint density at radius 2 is 2.27 bits per heavy atom. The first-order valence-corrected chi connectivity index (χ1v) is 6.16. The largest absolute Gasteiger partial charge is 0.377 e. The lowest BCUT2D eigenvalue weighted by Gasteiger charge is -2.22. The van der Waals surface area contributed by atoms with Gasteiger partial charge >= 0.3 is 0 Å². The van der Waals surface area contributed by atoms with Crippen LogP contribution >= 0.6 is 0 Å². The second-order valence-corrected chi connectivity index (χ2v) is 4.58. The van der Waals surface area contributed by atoms with E-state index in [9.17, 15) is 0 Å². The van der Waals surface area contributed by atoms with Gasteiger partial charge in [0, 0.05) is 12.6 Å². The Balaban J connectivity index is 2.09. The van der Waals surface area contributed by atoms with Gasteiger partial charge in [0.2, 0.25) is 0 Å². The minimum atomic E-state index is 0.347. The summed E-state index contributed by atoms with van der Waals surface area (Å²) in [7, 11) is 0. The molecule has 1 heterocycles. The highest BCUT2D eigenvalue weighted by Crippen LogP contribution is 2.12. The second-order valence-electron chi connectivity index (χ2n) is 4.58. The van der Waals surface area contributed by atoms with Crippen LogP contribution in [0.3, 0.4) is 0 Å². The molecule has 0 aromatic heterocycles. The Hall–Kier alpha value is -0.120. The van der Waals surface area contributed by atoms with Gasteiger partial charge in [0.25, 0.3) is 0 Å². The van der Waals surface area contributed by atoms with E-state index in [-0.39, 0.29) is 0 Å². The van der Waals surface area contributed by atoms with Crippen molar-refractivity contribution in [3.05, 3.63) is 0 Å². The summed E-state index contributed by atoms with van der Waals surface area (Å²) in [5, 5.41) is 3.44. The molecule has 0 aromatic carbocycles. The van der Waals surface area contributed by atoms with Gasteiger partial charge in [-0.05, 0) is 25.3 Å². The van der Waals surface area contributed by atoms with E-state index in [0.717, 1.165) is 32.8 Å². The molecular weight excluding hydrogens is 190 g/mol. The summed E-state index contributed by atoms with van der Waals surface area (Å²) >= 11 is 0. The summed E-state index contributed by atoms with van der Waals surface area (Å²) in [5.74, 6) is 0.620. The van der Waals surface area contributed by atoms with Crippen LogP contribution in [0.1, 0.15) is 33.6 Å². The first kappa shape index (κ1) is 12.9. The van der Waals surface area contributed by atoms with Crippen LogP contribution in [0.25, 0.3) is 0 Å². The summed E-state index contributed by atoms with van der Waals surface area (Å²) in [6.07, 6.45) is 2.70. The fraction of sp³-hybridized carbons (Fsp3) is 1.00. The van der Waals surface area contributed by atoms with Gasteiger partial charge < -0.3 is 14.8 Å². The topological polar surface area (TPSA) is 30.5 Å². The summed E-state index contributed by atoms with van der Waals surface area (Å²) in [6, 6.07) is 0.469. The Bertz CT molecular complexity index is 156. The zero-order valence-corrected chi connectivity index (χ0v) is 10.3. The van der Waals surface area contributed by atoms with Crippen LogP contribution in [-0.4, -0.2) is 38.5 Å². The van der Waals surface area contributed by atoms with E-state index in [4.69, 9.17) is 9.47 Å². The van der Waals surface area contributed by atoms with Crippen LogP contribution in [0.4, 0.5) is 0 Å². The zero-order valence-electron chi connectivity index (χ0n) is 10.3. The third-order valence-corrected chi connectivity index (χ3v) is 2.90. The summed E-state index contributed by atoms with van der Waals surface area (Å²) in [6.45, 7) is 10.1. The van der Waals surface area contributed by atoms with Gasteiger partial charge in [-0.3, -0.25) is 0 Å². The molecule has 0 saturated carbocycles. The van der Waals surface area contributed by atoms with Gasteiger partial charge in [-0.15, -0.1) is 0 Å². The lowest BCUT2D eigenvalue weighted by atomic mass is 10.1. The summed E-state index contributed by atoms with van der Waals surface area (Å²) < 4.78 is 11.2. The van der Waals surface area contributed by atoms with Crippen molar-refractivity contribution in [1.29, 1.82) is 0 Å². The Morgan fingerprint density at radius 3 is 2.80 bits per heavy atom. The van der Waals surface area contributed by atoms with Crippen molar-refractivity contribution in [2.75, 3.05) is 26.4 Å². The van der Waals surface area contributed by atoms with E-state index in [2.05, 4.69) is 26.1 Å². The zero-order chi connectivity index (χ0) is 11.1. The highest BCUT2D eigenvalue weighted by atomic mass is 16.5. The SMILES string of the molecule is CCNC(COCC1CCCO1)C(C)C. The van der Waals surface area contributed by atoms with Gasteiger partial charge in [-0.25, -0.2) is 0 Å². The summed E-state index contributed by atoms with van der Waals surface area (Å²) in [5.41, 5.74) is 0. The quantitative estimate of drug-likeness (QED) is 0.702. The van der Waals surface area contributed by atoms with E-state index < -0.39 is 0 Å². The maximum Gasteiger partial charge on any atom is 0.0809 e. The molecule has 2 unspecified atom stereocenters. The molecule has 90 valence electrons. The van der Waals surface area contributed by atoms with Crippen LogP contribution in [0, 0.1) is 5.92 Å². The lowest BCUT2D eigenvalue weighted by Crippen LogP contribution is -2.38. The van der Waals surface area contributed by atoms with E-state index in [1.54, 1.807) is 0 Å². The molecule has 0 aliphatic carbocycles. The van der Waals surface area contributed by atoms with Crippen LogP contribution in [0.5, 0.6) is 0 Å². The molecule has 1 fully saturated rings. The Labute approximate surface area is 93.5 Å². The highest BCUT2D eigenvalue weighted by molar-refractivity contribution is 4.70. The molecule has 1 rings (SSSR count). The Morgan fingerprint density at radius 1 is 1.47 bits per heavy atom. The minimum absolute atomic E-state index is 0.347. The maximum atomic E-state index is 5.71. The smallest absolute Gasteiger partial charge is 0.0809 e. The molecule has 0 amide bonds. The average Bonchev–Trinajstić information content (AvgIpc) is 2.69. The van der Waals surface area contributed by atoms with Crippen molar-refractivity contribution in [2.24, 2.45) is 5.92 Å². The van der Waals surface area contributed by atoms with Crippen LogP contribution < -0.4 is 5.32 Å². The van der Waals surface area contributed by atoms with Gasteiger partial charge in [0.05, 0.1) is 19.3 Å². The van der Waals surface area contributed by atoms with Gasteiger partial charge in [-0.1, -0.05) is 20.8 Å². The third-order valence-electron chi connectivity index (χ3n) is 2.90. The molecular formula is C12H25NO2. The molecule has 0 spiro atoms. The molecule has 0 aromatic rings. The summed E-state index contributed by atoms with van der Waals surface area (Å²) in [4.78, 5) is 0. The molecule has 1 aliphatic heterocycles. The van der Waals surface area contributed by atoms with Crippen LogP contribution in [0.15, 0.2) is 0 Å². The predicted molar refractivity (Wildman–Crippen MR) is 62.1 cm³/mol. The molecule has 3 nitrogen and oxygen atoms in total.